The zero-order chi connectivity index (χ0) is 11.3. The van der Waals surface area contributed by atoms with Crippen LogP contribution in [-0.2, 0) is 4.84 Å². The van der Waals surface area contributed by atoms with Crippen molar-refractivity contribution >= 4 is 0 Å². The Morgan fingerprint density at radius 2 is 2.27 bits per heavy atom. The zero-order valence-corrected chi connectivity index (χ0v) is 9.55. The van der Waals surface area contributed by atoms with Crippen LogP contribution >= 0.6 is 0 Å². The Hall–Kier alpha value is -0.970. The first-order valence-corrected chi connectivity index (χ1v) is 5.14. The summed E-state index contributed by atoms with van der Waals surface area (Å²) in [6, 6.07) is 5.84. The Bertz CT molecular complexity index is 268. The average molecular weight is 209 g/mol. The summed E-state index contributed by atoms with van der Waals surface area (Å²) in [4.78, 5) is 9.52. The maximum absolute atomic E-state index is 6.06. The van der Waals surface area contributed by atoms with Gasteiger partial charge in [0.15, 0.2) is 0 Å². The number of rotatable bonds is 5. The van der Waals surface area contributed by atoms with Crippen LogP contribution in [0, 0.1) is 0 Å². The minimum absolute atomic E-state index is 0.00111. The van der Waals surface area contributed by atoms with E-state index in [1.54, 1.807) is 18.4 Å². The van der Waals surface area contributed by atoms with Gasteiger partial charge in [-0.2, -0.15) is 5.06 Å². The van der Waals surface area contributed by atoms with Gasteiger partial charge in [0.1, 0.15) is 0 Å². The van der Waals surface area contributed by atoms with Crippen molar-refractivity contribution in [3.05, 3.63) is 30.1 Å². The van der Waals surface area contributed by atoms with E-state index in [-0.39, 0.29) is 12.1 Å². The number of nitrogens with zero attached hydrogens (tertiary/aromatic N) is 2. The highest BCUT2D eigenvalue weighted by Gasteiger charge is 2.24. The van der Waals surface area contributed by atoms with E-state index < -0.39 is 0 Å². The number of likely N-dealkylation sites (N-methyl/N-ethyl adjacent to an activating group) is 1. The molecule has 84 valence electrons. The molecule has 0 aromatic carbocycles. The van der Waals surface area contributed by atoms with Crippen molar-refractivity contribution < 1.29 is 4.84 Å². The molecular weight excluding hydrogens is 190 g/mol. The molecule has 1 rings (SSSR count). The van der Waals surface area contributed by atoms with E-state index in [0.29, 0.717) is 0 Å². The molecule has 2 N–H and O–H groups in total. The fourth-order valence-electron chi connectivity index (χ4n) is 1.56. The molecule has 15 heavy (non-hydrogen) atoms. The summed E-state index contributed by atoms with van der Waals surface area (Å²) in [6.45, 7) is 2.06. The van der Waals surface area contributed by atoms with Gasteiger partial charge in [0.25, 0.3) is 0 Å². The van der Waals surface area contributed by atoms with Crippen molar-refractivity contribution in [2.24, 2.45) is 5.73 Å². The fourth-order valence-corrected chi connectivity index (χ4v) is 1.56. The predicted octanol–water partition coefficient (Wildman–Crippen LogP) is 1.35. The predicted molar refractivity (Wildman–Crippen MR) is 60.0 cm³/mol. The van der Waals surface area contributed by atoms with Crippen LogP contribution in [0.25, 0.3) is 0 Å². The Morgan fingerprint density at radius 1 is 1.53 bits per heavy atom. The maximum Gasteiger partial charge on any atom is 0.0920 e. The van der Waals surface area contributed by atoms with Gasteiger partial charge in [-0.05, 0) is 18.6 Å². The van der Waals surface area contributed by atoms with Crippen molar-refractivity contribution in [1.29, 1.82) is 0 Å². The summed E-state index contributed by atoms with van der Waals surface area (Å²) < 4.78 is 0. The smallest absolute Gasteiger partial charge is 0.0920 e. The third-order valence-corrected chi connectivity index (χ3v) is 2.55. The Kier molecular flexibility index (Phi) is 4.68. The molecule has 0 saturated heterocycles. The maximum atomic E-state index is 6.06. The molecule has 1 aromatic heterocycles. The van der Waals surface area contributed by atoms with Gasteiger partial charge in [0.2, 0.25) is 0 Å². The molecular formula is C11H19N3O. The van der Waals surface area contributed by atoms with Crippen molar-refractivity contribution in [2.75, 3.05) is 14.2 Å². The fraction of sp³-hybridized carbons (Fsp3) is 0.545. The van der Waals surface area contributed by atoms with Gasteiger partial charge < -0.3 is 10.6 Å². The largest absolute Gasteiger partial charge is 0.326 e. The summed E-state index contributed by atoms with van der Waals surface area (Å²) in [5, 5.41) is 1.75. The normalized spacial score (nSPS) is 15.3. The van der Waals surface area contributed by atoms with Crippen LogP contribution < -0.4 is 5.73 Å². The van der Waals surface area contributed by atoms with Crippen molar-refractivity contribution in [3.8, 4) is 0 Å². The summed E-state index contributed by atoms with van der Waals surface area (Å²) in [6.07, 6.45) is 2.66. The molecule has 0 amide bonds. The molecule has 0 saturated carbocycles. The zero-order valence-electron chi connectivity index (χ0n) is 9.55. The van der Waals surface area contributed by atoms with Crippen molar-refractivity contribution in [3.63, 3.8) is 0 Å². The number of hydroxylamine groups is 2. The molecule has 0 bridgehead atoms. The number of hydrogen-bond donors (Lipinski definition) is 1. The quantitative estimate of drug-likeness (QED) is 0.744. The molecule has 0 aliphatic heterocycles. The number of nitrogens with two attached hydrogens (primary N) is 1. The third kappa shape index (κ3) is 2.99. The van der Waals surface area contributed by atoms with Crippen molar-refractivity contribution in [2.45, 2.75) is 25.4 Å². The summed E-state index contributed by atoms with van der Waals surface area (Å²) in [5.74, 6) is 0. The van der Waals surface area contributed by atoms with E-state index >= 15 is 0 Å². The highest BCUT2D eigenvalue weighted by Crippen LogP contribution is 2.21. The lowest BCUT2D eigenvalue weighted by atomic mass is 10.0. The average Bonchev–Trinajstić information content (AvgIpc) is 2.30. The van der Waals surface area contributed by atoms with Crippen LogP contribution in [0.4, 0.5) is 0 Å². The number of pyridine rings is 1. The van der Waals surface area contributed by atoms with E-state index in [0.717, 1.165) is 12.1 Å². The van der Waals surface area contributed by atoms with Crippen LogP contribution in [0.15, 0.2) is 24.4 Å². The molecule has 2 atom stereocenters. The highest BCUT2D eigenvalue weighted by molar-refractivity contribution is 5.10. The Balaban J connectivity index is 2.91. The molecule has 1 heterocycles. The van der Waals surface area contributed by atoms with Gasteiger partial charge in [0.05, 0.1) is 18.8 Å². The minimum Gasteiger partial charge on any atom is -0.326 e. The number of hydrogen-bond acceptors (Lipinski definition) is 4. The Morgan fingerprint density at radius 3 is 2.73 bits per heavy atom. The summed E-state index contributed by atoms with van der Waals surface area (Å²) in [5.41, 5.74) is 7.00. The second-order valence-corrected chi connectivity index (χ2v) is 3.50. The van der Waals surface area contributed by atoms with E-state index in [9.17, 15) is 0 Å². The lowest BCUT2D eigenvalue weighted by Gasteiger charge is -2.29. The lowest BCUT2D eigenvalue weighted by molar-refractivity contribution is -0.149. The first-order valence-electron chi connectivity index (χ1n) is 5.14. The second-order valence-electron chi connectivity index (χ2n) is 3.50. The topological polar surface area (TPSA) is 51.4 Å². The number of aromatic nitrogens is 1. The first kappa shape index (κ1) is 12.1. The monoisotopic (exact) mass is 209 g/mol. The van der Waals surface area contributed by atoms with E-state index in [4.69, 9.17) is 10.6 Å². The van der Waals surface area contributed by atoms with Gasteiger partial charge in [-0.1, -0.05) is 13.0 Å². The molecule has 0 spiro atoms. The van der Waals surface area contributed by atoms with Crippen LogP contribution in [0.1, 0.15) is 25.1 Å². The van der Waals surface area contributed by atoms with Crippen LogP contribution in [0.3, 0.4) is 0 Å². The second kappa shape index (κ2) is 5.80. The standard InChI is InChI=1S/C11H19N3O/c1-4-9(12)11(14(2)15-3)10-7-5-6-8-13-10/h5-9,11H,4,12H2,1-3H3. The Labute approximate surface area is 91.0 Å². The van der Waals surface area contributed by atoms with Gasteiger partial charge in [-0.25, -0.2) is 0 Å². The molecule has 4 heteroatoms. The van der Waals surface area contributed by atoms with Crippen LogP contribution in [0.5, 0.6) is 0 Å². The van der Waals surface area contributed by atoms with Crippen LogP contribution in [0.2, 0.25) is 0 Å². The summed E-state index contributed by atoms with van der Waals surface area (Å²) in [7, 11) is 3.51. The molecule has 2 unspecified atom stereocenters. The van der Waals surface area contributed by atoms with E-state index in [2.05, 4.69) is 11.9 Å². The SMILES string of the molecule is CCC(N)C(c1ccccn1)N(C)OC. The molecule has 1 aromatic rings. The first-order chi connectivity index (χ1) is 7.20. The summed E-state index contributed by atoms with van der Waals surface area (Å²) >= 11 is 0. The van der Waals surface area contributed by atoms with E-state index in [1.165, 1.54) is 0 Å². The molecule has 0 radical (unpaired) electrons. The van der Waals surface area contributed by atoms with E-state index in [1.807, 2.05) is 25.2 Å². The van der Waals surface area contributed by atoms with Crippen molar-refractivity contribution in [1.82, 2.24) is 10.0 Å². The molecule has 0 aliphatic rings. The van der Waals surface area contributed by atoms with Gasteiger partial charge in [0, 0.05) is 19.3 Å². The minimum atomic E-state index is 0.00111. The lowest BCUT2D eigenvalue weighted by Crippen LogP contribution is -2.38. The molecule has 0 fully saturated rings. The molecule has 4 nitrogen and oxygen atoms in total. The van der Waals surface area contributed by atoms with Gasteiger partial charge >= 0.3 is 0 Å². The highest BCUT2D eigenvalue weighted by atomic mass is 16.7. The van der Waals surface area contributed by atoms with Gasteiger partial charge in [-0.3, -0.25) is 4.98 Å². The van der Waals surface area contributed by atoms with Crippen LogP contribution in [-0.4, -0.2) is 30.2 Å². The third-order valence-electron chi connectivity index (χ3n) is 2.55. The molecule has 0 aliphatic carbocycles. The van der Waals surface area contributed by atoms with Gasteiger partial charge in [-0.15, -0.1) is 0 Å².